The van der Waals surface area contributed by atoms with Gasteiger partial charge >= 0.3 is 6.09 Å². The molecule has 72 valence electrons. The summed E-state index contributed by atoms with van der Waals surface area (Å²) in [7, 11) is 1.32. The van der Waals surface area contributed by atoms with Gasteiger partial charge in [-0.1, -0.05) is 0 Å². The molecule has 2 rings (SSSR count). The Bertz CT molecular complexity index is 464. The van der Waals surface area contributed by atoms with Crippen LogP contribution in [0, 0.1) is 0 Å². The summed E-state index contributed by atoms with van der Waals surface area (Å²) >= 11 is 0. The van der Waals surface area contributed by atoms with Crippen molar-refractivity contribution in [3.8, 4) is 0 Å². The molecule has 0 aliphatic rings. The van der Waals surface area contributed by atoms with Gasteiger partial charge in [0.25, 0.3) is 0 Å². The molecule has 1 amide bonds. The Morgan fingerprint density at radius 1 is 1.57 bits per heavy atom. The first-order valence-electron chi connectivity index (χ1n) is 4.07. The average molecular weight is 191 g/mol. The number of aromatic nitrogens is 2. The predicted octanol–water partition coefficient (Wildman–Crippen LogP) is 1.51. The van der Waals surface area contributed by atoms with Crippen molar-refractivity contribution < 1.29 is 9.53 Å². The first kappa shape index (κ1) is 8.55. The van der Waals surface area contributed by atoms with E-state index in [0.717, 1.165) is 5.65 Å². The summed E-state index contributed by atoms with van der Waals surface area (Å²) in [6.45, 7) is 0. The van der Waals surface area contributed by atoms with Crippen LogP contribution >= 0.6 is 0 Å². The molecule has 2 aromatic rings. The molecular formula is C9H9N3O2. The summed E-state index contributed by atoms with van der Waals surface area (Å²) in [6, 6.07) is 3.57. The number of methoxy groups -OCH3 is 1. The van der Waals surface area contributed by atoms with Crippen LogP contribution in [0.4, 0.5) is 10.5 Å². The molecule has 0 atom stereocenters. The van der Waals surface area contributed by atoms with Crippen LogP contribution in [-0.4, -0.2) is 22.6 Å². The van der Waals surface area contributed by atoms with Crippen LogP contribution in [0.25, 0.3) is 5.65 Å². The minimum atomic E-state index is -0.482. The van der Waals surface area contributed by atoms with Gasteiger partial charge in [0.2, 0.25) is 0 Å². The van der Waals surface area contributed by atoms with Gasteiger partial charge in [0, 0.05) is 18.6 Å². The van der Waals surface area contributed by atoms with Crippen LogP contribution in [0.5, 0.6) is 0 Å². The molecule has 0 unspecified atom stereocenters. The molecule has 0 aliphatic heterocycles. The maximum absolute atomic E-state index is 10.9. The molecule has 0 aromatic carbocycles. The van der Waals surface area contributed by atoms with Gasteiger partial charge in [0.05, 0.1) is 12.8 Å². The van der Waals surface area contributed by atoms with Crippen molar-refractivity contribution in [3.05, 3.63) is 30.7 Å². The maximum atomic E-state index is 10.9. The predicted molar refractivity (Wildman–Crippen MR) is 51.2 cm³/mol. The molecule has 5 nitrogen and oxygen atoms in total. The minimum absolute atomic E-state index is 0.482. The zero-order valence-corrected chi connectivity index (χ0v) is 7.60. The second-order valence-corrected chi connectivity index (χ2v) is 2.73. The van der Waals surface area contributed by atoms with Crippen LogP contribution in [0.1, 0.15) is 0 Å². The molecule has 0 spiro atoms. The molecular weight excluding hydrogens is 182 g/mol. The summed E-state index contributed by atoms with van der Waals surface area (Å²) in [5.41, 5.74) is 1.50. The third-order valence-electron chi connectivity index (χ3n) is 1.82. The molecule has 2 aromatic heterocycles. The molecule has 0 saturated carbocycles. The number of carbonyl (C=O) groups is 1. The zero-order valence-electron chi connectivity index (χ0n) is 7.60. The monoisotopic (exact) mass is 191 g/mol. The van der Waals surface area contributed by atoms with Gasteiger partial charge < -0.3 is 9.14 Å². The van der Waals surface area contributed by atoms with Crippen molar-refractivity contribution in [2.45, 2.75) is 0 Å². The van der Waals surface area contributed by atoms with Crippen molar-refractivity contribution in [2.75, 3.05) is 12.4 Å². The lowest BCUT2D eigenvalue weighted by atomic mass is 10.4. The molecule has 0 saturated heterocycles. The summed E-state index contributed by atoms with van der Waals surface area (Å²) in [6.07, 6.45) is 4.78. The topological polar surface area (TPSA) is 55.6 Å². The lowest BCUT2D eigenvalue weighted by Gasteiger charge is -2.03. The largest absolute Gasteiger partial charge is 0.453 e. The number of anilines is 1. The van der Waals surface area contributed by atoms with Gasteiger partial charge in [-0.3, -0.25) is 5.32 Å². The van der Waals surface area contributed by atoms with E-state index in [4.69, 9.17) is 0 Å². The number of hydrogen-bond donors (Lipinski definition) is 1. The van der Waals surface area contributed by atoms with Crippen molar-refractivity contribution in [1.29, 1.82) is 0 Å². The summed E-state index contributed by atoms with van der Waals surface area (Å²) in [5.74, 6) is 0. The van der Waals surface area contributed by atoms with E-state index in [1.54, 1.807) is 24.7 Å². The van der Waals surface area contributed by atoms with Gasteiger partial charge in [0.1, 0.15) is 5.65 Å². The summed E-state index contributed by atoms with van der Waals surface area (Å²) < 4.78 is 6.28. The fourth-order valence-electron chi connectivity index (χ4n) is 1.16. The Morgan fingerprint density at radius 3 is 3.21 bits per heavy atom. The second kappa shape index (κ2) is 3.37. The fourth-order valence-corrected chi connectivity index (χ4v) is 1.16. The number of nitrogens with one attached hydrogen (secondary N) is 1. The Labute approximate surface area is 80.3 Å². The number of imidazole rings is 1. The van der Waals surface area contributed by atoms with Crippen LogP contribution in [0.15, 0.2) is 30.7 Å². The number of carbonyl (C=O) groups excluding carboxylic acids is 1. The Balaban J connectivity index is 2.30. The van der Waals surface area contributed by atoms with Crippen molar-refractivity contribution in [2.24, 2.45) is 0 Å². The minimum Gasteiger partial charge on any atom is -0.453 e. The third-order valence-corrected chi connectivity index (χ3v) is 1.82. The standard InChI is InChI=1S/C9H9N3O2/c1-14-9(13)11-7-2-3-8-10-4-5-12(8)6-7/h2-6H,1H3,(H,11,13). The van der Waals surface area contributed by atoms with E-state index in [9.17, 15) is 4.79 Å². The highest BCUT2D eigenvalue weighted by atomic mass is 16.5. The van der Waals surface area contributed by atoms with Gasteiger partial charge in [-0.15, -0.1) is 0 Å². The summed E-state index contributed by atoms with van der Waals surface area (Å²) in [5, 5.41) is 2.56. The zero-order chi connectivity index (χ0) is 9.97. The number of hydrogen-bond acceptors (Lipinski definition) is 3. The number of fused-ring (bicyclic) bond motifs is 1. The van der Waals surface area contributed by atoms with E-state index >= 15 is 0 Å². The Morgan fingerprint density at radius 2 is 2.43 bits per heavy atom. The van der Waals surface area contributed by atoms with E-state index in [0.29, 0.717) is 5.69 Å². The van der Waals surface area contributed by atoms with E-state index in [1.807, 2.05) is 10.5 Å². The van der Waals surface area contributed by atoms with Gasteiger partial charge in [-0.05, 0) is 12.1 Å². The number of nitrogens with zero attached hydrogens (tertiary/aromatic N) is 2. The molecule has 0 bridgehead atoms. The van der Waals surface area contributed by atoms with Gasteiger partial charge in [-0.25, -0.2) is 9.78 Å². The number of rotatable bonds is 1. The number of amides is 1. The Hall–Kier alpha value is -2.04. The summed E-state index contributed by atoms with van der Waals surface area (Å²) in [4.78, 5) is 15.0. The molecule has 0 fully saturated rings. The molecule has 5 heteroatoms. The van der Waals surface area contributed by atoms with Crippen molar-refractivity contribution in [3.63, 3.8) is 0 Å². The average Bonchev–Trinajstić information content (AvgIpc) is 2.64. The van der Waals surface area contributed by atoms with Gasteiger partial charge in [-0.2, -0.15) is 0 Å². The van der Waals surface area contributed by atoms with E-state index in [-0.39, 0.29) is 0 Å². The van der Waals surface area contributed by atoms with Crippen LogP contribution in [-0.2, 0) is 4.74 Å². The maximum Gasteiger partial charge on any atom is 0.411 e. The van der Waals surface area contributed by atoms with E-state index < -0.39 is 6.09 Å². The smallest absolute Gasteiger partial charge is 0.411 e. The molecule has 14 heavy (non-hydrogen) atoms. The number of ether oxygens (including phenoxy) is 1. The lowest BCUT2D eigenvalue weighted by molar-refractivity contribution is 0.187. The van der Waals surface area contributed by atoms with E-state index in [2.05, 4.69) is 15.0 Å². The molecule has 0 aliphatic carbocycles. The first-order valence-corrected chi connectivity index (χ1v) is 4.07. The highest BCUT2D eigenvalue weighted by Gasteiger charge is 2.01. The van der Waals surface area contributed by atoms with Crippen LogP contribution < -0.4 is 5.32 Å². The van der Waals surface area contributed by atoms with Gasteiger partial charge in [0.15, 0.2) is 0 Å². The van der Waals surface area contributed by atoms with Crippen LogP contribution in [0.2, 0.25) is 0 Å². The lowest BCUT2D eigenvalue weighted by Crippen LogP contribution is -2.11. The van der Waals surface area contributed by atoms with Crippen LogP contribution in [0.3, 0.4) is 0 Å². The Kier molecular flexibility index (Phi) is 2.06. The van der Waals surface area contributed by atoms with E-state index in [1.165, 1.54) is 7.11 Å². The van der Waals surface area contributed by atoms with Crippen molar-refractivity contribution in [1.82, 2.24) is 9.38 Å². The highest BCUT2D eigenvalue weighted by molar-refractivity contribution is 5.84. The van der Waals surface area contributed by atoms with Crippen molar-refractivity contribution >= 4 is 17.4 Å². The molecule has 1 N–H and O–H groups in total. The fraction of sp³-hybridized carbons (Fsp3) is 0.111. The highest BCUT2D eigenvalue weighted by Crippen LogP contribution is 2.09. The SMILES string of the molecule is COC(=O)Nc1ccc2nccn2c1. The molecule has 0 radical (unpaired) electrons. The normalized spacial score (nSPS) is 10.1. The third kappa shape index (κ3) is 1.52. The molecule has 2 heterocycles. The quantitative estimate of drug-likeness (QED) is 0.743. The first-order chi connectivity index (χ1) is 6.79. The number of pyridine rings is 1. The second-order valence-electron chi connectivity index (χ2n) is 2.73.